The van der Waals surface area contributed by atoms with Crippen LogP contribution in [0.3, 0.4) is 0 Å². The van der Waals surface area contributed by atoms with Gasteiger partial charge in [0.25, 0.3) is 0 Å². The summed E-state index contributed by atoms with van der Waals surface area (Å²) in [5.74, 6) is -0.899. The van der Waals surface area contributed by atoms with Gasteiger partial charge in [0.2, 0.25) is 5.78 Å². The summed E-state index contributed by atoms with van der Waals surface area (Å²) in [4.78, 5) is 29.2. The Morgan fingerprint density at radius 2 is 1.53 bits per heavy atom. The summed E-state index contributed by atoms with van der Waals surface area (Å²) in [5, 5.41) is 1.52. The molecule has 0 saturated heterocycles. The number of ketones is 1. The molecule has 1 aromatic heterocycles. The lowest BCUT2D eigenvalue weighted by atomic mass is 9.99. The predicted octanol–water partition coefficient (Wildman–Crippen LogP) is 6.18. The highest BCUT2D eigenvalue weighted by Gasteiger charge is 2.28. The molecule has 0 radical (unpaired) electrons. The maximum Gasteiger partial charge on any atom is 0.311 e. The van der Waals surface area contributed by atoms with Crippen molar-refractivity contribution in [1.29, 1.82) is 0 Å². The maximum atomic E-state index is 13.4. The second-order valence-corrected chi connectivity index (χ2v) is 7.58. The number of H-pyrrole nitrogens is 1. The fraction of sp³-hybridized carbons (Fsp3) is 0.0833. The van der Waals surface area contributed by atoms with Crippen LogP contribution in [0.4, 0.5) is 0 Å². The number of rotatable bonds is 6. The summed E-state index contributed by atoms with van der Waals surface area (Å²) >= 11 is 12.3. The highest BCUT2D eigenvalue weighted by atomic mass is 35.5. The number of carbonyl (C=O) groups excluding carboxylic acids is 2. The van der Waals surface area contributed by atoms with Crippen molar-refractivity contribution in [3.63, 3.8) is 0 Å². The molecule has 4 aromatic rings. The van der Waals surface area contributed by atoms with Crippen LogP contribution in [-0.4, -0.2) is 16.7 Å². The largest absolute Gasteiger partial charge is 0.449 e. The number of benzene rings is 3. The van der Waals surface area contributed by atoms with E-state index in [0.717, 1.165) is 10.9 Å². The monoisotopic (exact) mass is 437 g/mol. The lowest BCUT2D eigenvalue weighted by molar-refractivity contribution is -0.146. The molecule has 1 heterocycles. The van der Waals surface area contributed by atoms with Crippen LogP contribution in [0, 0.1) is 0 Å². The lowest BCUT2D eigenvalue weighted by Crippen LogP contribution is -2.21. The van der Waals surface area contributed by atoms with Gasteiger partial charge in [-0.2, -0.15) is 0 Å². The number of fused-ring (bicyclic) bond motifs is 1. The van der Waals surface area contributed by atoms with Gasteiger partial charge in [0, 0.05) is 43.8 Å². The first-order valence-electron chi connectivity index (χ1n) is 9.32. The van der Waals surface area contributed by atoms with E-state index >= 15 is 0 Å². The third kappa shape index (κ3) is 4.11. The molecule has 1 atom stereocenters. The number of carbonyl (C=O) groups is 2. The van der Waals surface area contributed by atoms with Gasteiger partial charge < -0.3 is 9.72 Å². The van der Waals surface area contributed by atoms with Crippen LogP contribution >= 0.6 is 23.2 Å². The summed E-state index contributed by atoms with van der Waals surface area (Å²) < 4.78 is 5.67. The van der Waals surface area contributed by atoms with E-state index in [1.165, 1.54) is 0 Å². The molecule has 0 aliphatic carbocycles. The second kappa shape index (κ2) is 8.74. The molecule has 0 spiro atoms. The molecule has 3 aromatic carbocycles. The van der Waals surface area contributed by atoms with Crippen LogP contribution in [0.25, 0.3) is 10.9 Å². The number of hydrogen-bond acceptors (Lipinski definition) is 3. The highest BCUT2D eigenvalue weighted by molar-refractivity contribution is 6.36. The summed E-state index contributed by atoms with van der Waals surface area (Å²) in [6.07, 6.45) is 0.421. The zero-order chi connectivity index (χ0) is 21.1. The molecule has 1 unspecified atom stereocenters. The molecular formula is C24H17Cl2NO3. The second-order valence-electron chi connectivity index (χ2n) is 6.77. The Morgan fingerprint density at radius 3 is 2.27 bits per heavy atom. The number of ether oxygens (including phenoxy) is 1. The summed E-state index contributed by atoms with van der Waals surface area (Å²) in [6.45, 7) is 0. The van der Waals surface area contributed by atoms with E-state index in [1.54, 1.807) is 48.7 Å². The number of para-hydroxylation sites is 1. The number of esters is 1. The quantitative estimate of drug-likeness (QED) is 0.289. The molecule has 1 N–H and O–H groups in total. The molecule has 4 rings (SSSR count). The Hall–Kier alpha value is -3.08. The summed E-state index contributed by atoms with van der Waals surface area (Å²) in [6, 6.07) is 21.4. The van der Waals surface area contributed by atoms with Crippen molar-refractivity contribution in [2.24, 2.45) is 0 Å². The van der Waals surface area contributed by atoms with Crippen LogP contribution in [0.15, 0.2) is 79.0 Å². The highest BCUT2D eigenvalue weighted by Crippen LogP contribution is 2.29. The van der Waals surface area contributed by atoms with Gasteiger partial charge in [-0.1, -0.05) is 77.8 Å². The minimum atomic E-state index is -1.08. The molecule has 0 amide bonds. The third-order valence-electron chi connectivity index (χ3n) is 4.83. The smallest absolute Gasteiger partial charge is 0.311 e. The van der Waals surface area contributed by atoms with E-state index in [1.807, 2.05) is 30.3 Å². The fourth-order valence-corrected chi connectivity index (χ4v) is 3.87. The Labute approximate surface area is 183 Å². The van der Waals surface area contributed by atoms with Crippen LogP contribution in [0.1, 0.15) is 27.6 Å². The molecule has 0 aliphatic heterocycles. The maximum absolute atomic E-state index is 13.4. The van der Waals surface area contributed by atoms with Crippen molar-refractivity contribution in [1.82, 2.24) is 4.98 Å². The molecular weight excluding hydrogens is 421 g/mol. The summed E-state index contributed by atoms with van der Waals surface area (Å²) in [7, 11) is 0. The Morgan fingerprint density at radius 1 is 0.867 bits per heavy atom. The standard InChI is InChI=1S/C24H17Cl2NO3/c25-19-10-6-11-20(26)17(19)13-22(28)30-24(15-7-2-1-3-8-15)23(29)18-14-27-21-12-5-4-9-16(18)21/h1-12,14,24,27H,13H2. The number of aromatic nitrogens is 1. The van der Waals surface area contributed by atoms with Gasteiger partial charge in [-0.25, -0.2) is 0 Å². The normalized spacial score (nSPS) is 11.9. The van der Waals surface area contributed by atoms with Crippen LogP contribution in [0.5, 0.6) is 0 Å². The van der Waals surface area contributed by atoms with E-state index in [2.05, 4.69) is 4.98 Å². The molecule has 4 nitrogen and oxygen atoms in total. The van der Waals surface area contributed by atoms with Crippen molar-refractivity contribution in [3.8, 4) is 0 Å². The van der Waals surface area contributed by atoms with Gasteiger partial charge in [-0.15, -0.1) is 0 Å². The Balaban J connectivity index is 1.65. The van der Waals surface area contributed by atoms with E-state index in [9.17, 15) is 9.59 Å². The van der Waals surface area contributed by atoms with E-state index in [4.69, 9.17) is 27.9 Å². The number of nitrogens with one attached hydrogen (secondary N) is 1. The van der Waals surface area contributed by atoms with Crippen molar-refractivity contribution in [2.75, 3.05) is 0 Å². The van der Waals surface area contributed by atoms with Crippen LogP contribution in [0.2, 0.25) is 10.0 Å². The fourth-order valence-electron chi connectivity index (χ4n) is 3.34. The first kappa shape index (κ1) is 20.2. The topological polar surface area (TPSA) is 59.2 Å². The van der Waals surface area contributed by atoms with Gasteiger partial charge in [0.1, 0.15) is 0 Å². The third-order valence-corrected chi connectivity index (χ3v) is 5.54. The molecule has 0 fully saturated rings. The molecule has 150 valence electrons. The van der Waals surface area contributed by atoms with Gasteiger partial charge in [0.15, 0.2) is 6.10 Å². The molecule has 0 bridgehead atoms. The zero-order valence-corrected chi connectivity index (χ0v) is 17.3. The minimum Gasteiger partial charge on any atom is -0.449 e. The van der Waals surface area contributed by atoms with Gasteiger partial charge in [-0.05, 0) is 18.2 Å². The zero-order valence-electron chi connectivity index (χ0n) is 15.8. The molecule has 30 heavy (non-hydrogen) atoms. The first-order chi connectivity index (χ1) is 14.5. The number of Topliss-reactive ketones (excluding diaryl/α,β-unsaturated/α-hetero) is 1. The van der Waals surface area contributed by atoms with Crippen molar-refractivity contribution in [3.05, 3.63) is 106 Å². The molecule has 0 saturated carbocycles. The van der Waals surface area contributed by atoms with E-state index in [0.29, 0.717) is 26.7 Å². The van der Waals surface area contributed by atoms with Gasteiger partial charge in [-0.3, -0.25) is 9.59 Å². The Kier molecular flexibility index (Phi) is 5.88. The van der Waals surface area contributed by atoms with Crippen LogP contribution < -0.4 is 0 Å². The first-order valence-corrected chi connectivity index (χ1v) is 10.1. The van der Waals surface area contributed by atoms with Crippen molar-refractivity contribution >= 4 is 45.9 Å². The van der Waals surface area contributed by atoms with Crippen molar-refractivity contribution in [2.45, 2.75) is 12.5 Å². The number of hydrogen-bond donors (Lipinski definition) is 1. The number of aromatic amines is 1. The van der Waals surface area contributed by atoms with Gasteiger partial charge >= 0.3 is 5.97 Å². The number of halogens is 2. The average Bonchev–Trinajstić information content (AvgIpc) is 3.19. The van der Waals surface area contributed by atoms with Gasteiger partial charge in [0.05, 0.1) is 6.42 Å². The SMILES string of the molecule is O=C(Cc1c(Cl)cccc1Cl)OC(C(=O)c1c[nH]c2ccccc12)c1ccccc1. The molecule has 6 heteroatoms. The van der Waals surface area contributed by atoms with E-state index in [-0.39, 0.29) is 12.2 Å². The molecule has 0 aliphatic rings. The predicted molar refractivity (Wildman–Crippen MR) is 118 cm³/mol. The minimum absolute atomic E-state index is 0.136. The lowest BCUT2D eigenvalue weighted by Gasteiger charge is -2.18. The average molecular weight is 438 g/mol. The van der Waals surface area contributed by atoms with Crippen molar-refractivity contribution < 1.29 is 14.3 Å². The summed E-state index contributed by atoms with van der Waals surface area (Å²) in [5.41, 5.74) is 2.36. The Bertz CT molecular complexity index is 1200. The van der Waals surface area contributed by atoms with Crippen LogP contribution in [-0.2, 0) is 16.0 Å². The van der Waals surface area contributed by atoms with E-state index < -0.39 is 12.1 Å².